The summed E-state index contributed by atoms with van der Waals surface area (Å²) in [4.78, 5) is 23.3. The van der Waals surface area contributed by atoms with Crippen LogP contribution in [0.3, 0.4) is 0 Å². The number of nitrogens with zero attached hydrogens (tertiary/aromatic N) is 3. The average Bonchev–Trinajstić information content (AvgIpc) is 3.13. The van der Waals surface area contributed by atoms with E-state index in [1.165, 1.54) is 11.3 Å². The number of rotatable bonds is 6. The Kier molecular flexibility index (Phi) is 5.50. The summed E-state index contributed by atoms with van der Waals surface area (Å²) in [7, 11) is 2.09. The largest absolute Gasteiger partial charge is 0.477 e. The van der Waals surface area contributed by atoms with E-state index >= 15 is 0 Å². The number of likely N-dealkylation sites (tertiary alicyclic amines) is 1. The highest BCUT2D eigenvalue weighted by molar-refractivity contribution is 7.13. The molecule has 4 rings (SSSR count). The fourth-order valence-corrected chi connectivity index (χ4v) is 3.77. The van der Waals surface area contributed by atoms with Crippen molar-refractivity contribution in [3.63, 3.8) is 0 Å². The molecule has 0 aliphatic carbocycles. The highest BCUT2D eigenvalue weighted by Crippen LogP contribution is 2.25. The lowest BCUT2D eigenvalue weighted by atomic mass is 10.0. The molecule has 0 atom stereocenters. The van der Waals surface area contributed by atoms with Gasteiger partial charge in [-0.25, -0.2) is 9.78 Å². The molecule has 28 heavy (non-hydrogen) atoms. The highest BCUT2D eigenvalue weighted by Gasteiger charge is 2.23. The van der Waals surface area contributed by atoms with Gasteiger partial charge in [0.1, 0.15) is 16.6 Å². The molecule has 3 aromatic rings. The van der Waals surface area contributed by atoms with Crippen LogP contribution in [-0.2, 0) is 0 Å². The summed E-state index contributed by atoms with van der Waals surface area (Å²) in [6.07, 6.45) is 0. The summed E-state index contributed by atoms with van der Waals surface area (Å²) in [6.45, 7) is 2.71. The third-order valence-electron chi connectivity index (χ3n) is 4.34. The topological polar surface area (TPSA) is 79.4 Å². The Morgan fingerprint density at radius 2 is 1.89 bits per heavy atom. The van der Waals surface area contributed by atoms with Gasteiger partial charge in [0.2, 0.25) is 5.88 Å². The maximum atomic E-state index is 12.3. The van der Waals surface area contributed by atoms with Crippen molar-refractivity contribution in [2.45, 2.75) is 0 Å². The Morgan fingerprint density at radius 3 is 2.68 bits per heavy atom. The molecule has 1 fully saturated rings. The smallest absolute Gasteiger partial charge is 0.326 e. The first-order valence-corrected chi connectivity index (χ1v) is 9.91. The van der Waals surface area contributed by atoms with E-state index in [-0.39, 0.29) is 0 Å². The van der Waals surface area contributed by atoms with Crippen LogP contribution in [0.2, 0.25) is 0 Å². The van der Waals surface area contributed by atoms with Gasteiger partial charge in [0.15, 0.2) is 0 Å². The number of amides is 2. The van der Waals surface area contributed by atoms with Crippen molar-refractivity contribution >= 4 is 29.0 Å². The number of hydrogen-bond acceptors (Lipinski definition) is 6. The number of anilines is 2. The number of carbonyl (C=O) groups excluding carboxylic acids is 1. The van der Waals surface area contributed by atoms with Gasteiger partial charge < -0.3 is 9.64 Å². The number of thiazole rings is 1. The first-order chi connectivity index (χ1) is 13.7. The van der Waals surface area contributed by atoms with E-state index in [0.717, 1.165) is 23.7 Å². The Morgan fingerprint density at radius 1 is 1.11 bits per heavy atom. The van der Waals surface area contributed by atoms with Crippen molar-refractivity contribution in [3.8, 4) is 16.5 Å². The maximum Gasteiger partial charge on any atom is 0.326 e. The Labute approximate surface area is 167 Å². The van der Waals surface area contributed by atoms with E-state index in [4.69, 9.17) is 4.74 Å². The van der Waals surface area contributed by atoms with Gasteiger partial charge in [0.05, 0.1) is 6.61 Å². The molecule has 0 radical (unpaired) electrons. The molecular formula is C20H21N5O2S. The SMILES string of the molecule is CN1CC(COc2cccc(NC(=O)Nc3csc(-c4ccccc4)n3)n2)C1. The Balaban J connectivity index is 1.31. The second-order valence-corrected chi connectivity index (χ2v) is 7.60. The molecule has 1 aromatic carbocycles. The minimum atomic E-state index is -0.393. The number of pyridine rings is 1. The molecule has 7 nitrogen and oxygen atoms in total. The molecule has 1 aliphatic heterocycles. The van der Waals surface area contributed by atoms with Gasteiger partial charge in [-0.15, -0.1) is 11.3 Å². The summed E-state index contributed by atoms with van der Waals surface area (Å²) in [5.41, 5.74) is 1.02. The monoisotopic (exact) mass is 395 g/mol. The van der Waals surface area contributed by atoms with Gasteiger partial charge in [0, 0.05) is 36.0 Å². The Bertz CT molecular complexity index is 941. The number of urea groups is 1. The number of benzene rings is 1. The van der Waals surface area contributed by atoms with Crippen molar-refractivity contribution in [2.75, 3.05) is 37.4 Å². The van der Waals surface area contributed by atoms with Crippen LogP contribution in [0.5, 0.6) is 5.88 Å². The molecule has 0 unspecified atom stereocenters. The van der Waals surface area contributed by atoms with Crippen LogP contribution in [0.4, 0.5) is 16.4 Å². The van der Waals surface area contributed by atoms with Crippen LogP contribution in [0.25, 0.3) is 10.6 Å². The summed E-state index contributed by atoms with van der Waals surface area (Å²) in [5.74, 6) is 1.98. The van der Waals surface area contributed by atoms with Gasteiger partial charge in [-0.3, -0.25) is 10.6 Å². The number of carbonyl (C=O) groups is 1. The quantitative estimate of drug-likeness (QED) is 0.664. The summed E-state index contributed by atoms with van der Waals surface area (Å²) >= 11 is 1.48. The van der Waals surface area contributed by atoms with E-state index in [1.807, 2.05) is 35.7 Å². The van der Waals surface area contributed by atoms with Gasteiger partial charge in [-0.1, -0.05) is 36.4 Å². The second-order valence-electron chi connectivity index (χ2n) is 6.74. The van der Waals surface area contributed by atoms with Crippen LogP contribution in [0.1, 0.15) is 0 Å². The van der Waals surface area contributed by atoms with E-state index in [2.05, 4.69) is 32.5 Å². The molecule has 2 N–H and O–H groups in total. The van der Waals surface area contributed by atoms with Crippen molar-refractivity contribution in [1.29, 1.82) is 0 Å². The predicted octanol–water partition coefficient (Wildman–Crippen LogP) is 3.79. The minimum absolute atomic E-state index is 0.393. The standard InChI is InChI=1S/C20H21N5O2S/c1-25-10-14(11-25)12-27-18-9-5-8-16(21-18)23-20(26)24-17-13-28-19(22-17)15-6-3-2-4-7-15/h2-9,13-14H,10-12H2,1H3,(H2,21,23,24,26). The second kappa shape index (κ2) is 8.37. The first kappa shape index (κ1) is 18.4. The molecule has 8 heteroatoms. The fourth-order valence-electron chi connectivity index (χ4n) is 3.01. The van der Waals surface area contributed by atoms with E-state index in [9.17, 15) is 4.79 Å². The molecule has 0 spiro atoms. The van der Waals surface area contributed by atoms with E-state index in [0.29, 0.717) is 30.0 Å². The van der Waals surface area contributed by atoms with Gasteiger partial charge in [-0.2, -0.15) is 4.98 Å². The molecule has 1 saturated heterocycles. The van der Waals surface area contributed by atoms with Crippen molar-refractivity contribution < 1.29 is 9.53 Å². The van der Waals surface area contributed by atoms with Crippen LogP contribution in [0.15, 0.2) is 53.9 Å². The first-order valence-electron chi connectivity index (χ1n) is 9.03. The van der Waals surface area contributed by atoms with Crippen molar-refractivity contribution in [2.24, 2.45) is 5.92 Å². The minimum Gasteiger partial charge on any atom is -0.477 e. The van der Waals surface area contributed by atoms with Gasteiger partial charge in [0.25, 0.3) is 0 Å². The van der Waals surface area contributed by atoms with Gasteiger partial charge in [-0.05, 0) is 13.1 Å². The van der Waals surface area contributed by atoms with Crippen molar-refractivity contribution in [1.82, 2.24) is 14.9 Å². The molecule has 2 amide bonds. The normalized spacial score (nSPS) is 14.3. The molecule has 1 aliphatic rings. The summed E-state index contributed by atoms with van der Waals surface area (Å²) < 4.78 is 5.73. The molecule has 0 bridgehead atoms. The number of ether oxygens (including phenoxy) is 1. The zero-order valence-corrected chi connectivity index (χ0v) is 16.3. The fraction of sp³-hybridized carbons (Fsp3) is 0.250. The van der Waals surface area contributed by atoms with Crippen LogP contribution < -0.4 is 15.4 Å². The summed E-state index contributed by atoms with van der Waals surface area (Å²) in [6, 6.07) is 14.8. The third kappa shape index (κ3) is 4.65. The van der Waals surface area contributed by atoms with Crippen LogP contribution in [-0.4, -0.2) is 47.6 Å². The number of nitrogens with one attached hydrogen (secondary N) is 2. The number of hydrogen-bond donors (Lipinski definition) is 2. The molecule has 3 heterocycles. The van der Waals surface area contributed by atoms with E-state index < -0.39 is 6.03 Å². The Hall–Kier alpha value is -2.97. The van der Waals surface area contributed by atoms with E-state index in [1.54, 1.807) is 18.2 Å². The summed E-state index contributed by atoms with van der Waals surface area (Å²) in [5, 5.41) is 8.12. The zero-order valence-electron chi connectivity index (χ0n) is 15.5. The predicted molar refractivity (Wildman–Crippen MR) is 111 cm³/mol. The lowest BCUT2D eigenvalue weighted by Gasteiger charge is -2.35. The van der Waals surface area contributed by atoms with Crippen LogP contribution >= 0.6 is 11.3 Å². The van der Waals surface area contributed by atoms with Crippen molar-refractivity contribution in [3.05, 3.63) is 53.9 Å². The molecule has 0 saturated carbocycles. The molecular weight excluding hydrogens is 374 g/mol. The zero-order chi connectivity index (χ0) is 19.3. The lowest BCUT2D eigenvalue weighted by Crippen LogP contribution is -2.46. The third-order valence-corrected chi connectivity index (χ3v) is 5.23. The average molecular weight is 395 g/mol. The number of aromatic nitrogens is 2. The molecule has 2 aromatic heterocycles. The highest BCUT2D eigenvalue weighted by atomic mass is 32.1. The van der Waals surface area contributed by atoms with Crippen LogP contribution in [0, 0.1) is 5.92 Å². The molecule has 144 valence electrons. The van der Waals surface area contributed by atoms with Gasteiger partial charge >= 0.3 is 6.03 Å². The maximum absolute atomic E-state index is 12.3. The lowest BCUT2D eigenvalue weighted by molar-refractivity contribution is 0.0839.